The van der Waals surface area contributed by atoms with Crippen molar-refractivity contribution < 1.29 is 23.1 Å². The SMILES string of the molecule is C[C@@H]1CN(C(=O)C(C)(O)C(F)(F)F)CC[C@@H]1c1ccnn1-c1ccc(Cl)cc1. The van der Waals surface area contributed by atoms with Crippen molar-refractivity contribution in [3.8, 4) is 5.69 Å². The van der Waals surface area contributed by atoms with Crippen LogP contribution in [0.1, 0.15) is 31.9 Å². The number of likely N-dealkylation sites (tertiary alicyclic amines) is 1. The van der Waals surface area contributed by atoms with E-state index in [1.165, 1.54) is 0 Å². The van der Waals surface area contributed by atoms with E-state index in [4.69, 9.17) is 11.6 Å². The number of halogens is 4. The molecule has 1 aromatic heterocycles. The summed E-state index contributed by atoms with van der Waals surface area (Å²) in [6.07, 6.45) is -2.87. The molecule has 1 fully saturated rings. The summed E-state index contributed by atoms with van der Waals surface area (Å²) in [4.78, 5) is 13.3. The average molecular weight is 416 g/mol. The Hall–Kier alpha value is -2.06. The molecule has 1 aromatic carbocycles. The number of carbonyl (C=O) groups is 1. The summed E-state index contributed by atoms with van der Waals surface area (Å²) in [6, 6.07) is 9.06. The molecule has 3 atom stereocenters. The van der Waals surface area contributed by atoms with E-state index in [0.717, 1.165) is 16.3 Å². The molecule has 1 N–H and O–H groups in total. The molecular weight excluding hydrogens is 395 g/mol. The summed E-state index contributed by atoms with van der Waals surface area (Å²) in [5.74, 6) is -1.40. The zero-order chi connectivity index (χ0) is 20.7. The van der Waals surface area contributed by atoms with Gasteiger partial charge in [0.15, 0.2) is 0 Å². The number of rotatable bonds is 3. The van der Waals surface area contributed by atoms with Crippen molar-refractivity contribution in [1.82, 2.24) is 14.7 Å². The Morgan fingerprint density at radius 2 is 1.89 bits per heavy atom. The van der Waals surface area contributed by atoms with Gasteiger partial charge >= 0.3 is 6.18 Å². The number of nitrogens with zero attached hydrogens (tertiary/aromatic N) is 3. The lowest BCUT2D eigenvalue weighted by atomic mass is 9.83. The Balaban J connectivity index is 1.78. The van der Waals surface area contributed by atoms with E-state index in [1.54, 1.807) is 23.0 Å². The molecule has 1 aliphatic heterocycles. The lowest BCUT2D eigenvalue weighted by Crippen LogP contribution is -2.58. The van der Waals surface area contributed by atoms with Crippen molar-refractivity contribution >= 4 is 17.5 Å². The number of carbonyl (C=O) groups excluding carboxylic acids is 1. The second-order valence-electron chi connectivity index (χ2n) is 7.34. The van der Waals surface area contributed by atoms with Crippen LogP contribution in [0.5, 0.6) is 0 Å². The minimum Gasteiger partial charge on any atom is -0.373 e. The fraction of sp³-hybridized carbons (Fsp3) is 0.474. The maximum Gasteiger partial charge on any atom is 0.426 e. The fourth-order valence-electron chi connectivity index (χ4n) is 3.59. The molecule has 0 radical (unpaired) electrons. The van der Waals surface area contributed by atoms with E-state index < -0.39 is 17.7 Å². The van der Waals surface area contributed by atoms with Gasteiger partial charge in [-0.15, -0.1) is 0 Å². The number of benzene rings is 1. The summed E-state index contributed by atoms with van der Waals surface area (Å²) in [6.45, 7) is 2.64. The van der Waals surface area contributed by atoms with Gasteiger partial charge in [-0.1, -0.05) is 18.5 Å². The van der Waals surface area contributed by atoms with Crippen LogP contribution in [-0.2, 0) is 4.79 Å². The molecule has 2 aromatic rings. The molecule has 152 valence electrons. The highest BCUT2D eigenvalue weighted by Gasteiger charge is 2.57. The molecule has 9 heteroatoms. The first-order chi connectivity index (χ1) is 13.0. The monoisotopic (exact) mass is 415 g/mol. The van der Waals surface area contributed by atoms with Gasteiger partial charge < -0.3 is 10.0 Å². The van der Waals surface area contributed by atoms with Gasteiger partial charge in [0.1, 0.15) is 0 Å². The lowest BCUT2D eigenvalue weighted by Gasteiger charge is -2.40. The largest absolute Gasteiger partial charge is 0.426 e. The van der Waals surface area contributed by atoms with E-state index in [-0.39, 0.29) is 24.9 Å². The van der Waals surface area contributed by atoms with Crippen molar-refractivity contribution in [2.45, 2.75) is 38.0 Å². The number of aromatic nitrogens is 2. The van der Waals surface area contributed by atoms with E-state index in [9.17, 15) is 23.1 Å². The number of amides is 1. The number of piperidine rings is 1. The molecule has 28 heavy (non-hydrogen) atoms. The normalized spacial score (nSPS) is 22.8. The zero-order valence-corrected chi connectivity index (χ0v) is 16.2. The van der Waals surface area contributed by atoms with Gasteiger partial charge in [0.25, 0.3) is 5.91 Å². The summed E-state index contributed by atoms with van der Waals surface area (Å²) >= 11 is 5.93. The van der Waals surface area contributed by atoms with Crippen LogP contribution in [-0.4, -0.2) is 50.6 Å². The van der Waals surface area contributed by atoms with E-state index in [0.29, 0.717) is 18.4 Å². The van der Waals surface area contributed by atoms with Crippen LogP contribution in [0, 0.1) is 5.92 Å². The molecule has 1 unspecified atom stereocenters. The first-order valence-corrected chi connectivity index (χ1v) is 9.28. The Bertz CT molecular complexity index is 849. The van der Waals surface area contributed by atoms with Crippen LogP contribution in [0.4, 0.5) is 13.2 Å². The van der Waals surface area contributed by atoms with Gasteiger partial charge in [0.2, 0.25) is 5.60 Å². The van der Waals surface area contributed by atoms with Crippen molar-refractivity contribution in [1.29, 1.82) is 0 Å². The molecule has 2 heterocycles. The Morgan fingerprint density at radius 3 is 2.46 bits per heavy atom. The predicted molar refractivity (Wildman–Crippen MR) is 98.4 cm³/mol. The Kier molecular flexibility index (Phi) is 5.46. The summed E-state index contributed by atoms with van der Waals surface area (Å²) in [5.41, 5.74) is -1.63. The summed E-state index contributed by atoms with van der Waals surface area (Å²) in [7, 11) is 0. The molecule has 0 bridgehead atoms. The van der Waals surface area contributed by atoms with E-state index >= 15 is 0 Å². The lowest BCUT2D eigenvalue weighted by molar-refractivity contribution is -0.250. The molecule has 5 nitrogen and oxygen atoms in total. The standard InChI is InChI=1S/C19H21ClF3N3O2/c1-12-11-25(17(27)18(2,28)19(21,22)23)10-8-15(12)16-7-9-24-26(16)14-5-3-13(20)4-6-14/h3-7,9,12,15,28H,8,10-11H2,1-2H3/t12-,15+,18?/m1/s1. The van der Waals surface area contributed by atoms with Gasteiger partial charge in [0.05, 0.1) is 5.69 Å². The summed E-state index contributed by atoms with van der Waals surface area (Å²) in [5, 5.41) is 14.6. The van der Waals surface area contributed by atoms with Gasteiger partial charge in [0, 0.05) is 35.9 Å². The van der Waals surface area contributed by atoms with E-state index in [1.807, 2.05) is 25.1 Å². The maximum atomic E-state index is 13.0. The van der Waals surface area contributed by atoms with E-state index in [2.05, 4.69) is 5.10 Å². The number of alkyl halides is 3. The molecular formula is C19H21ClF3N3O2. The van der Waals surface area contributed by atoms with Crippen molar-refractivity contribution in [2.24, 2.45) is 5.92 Å². The molecule has 1 aliphatic rings. The Labute approximate surface area is 165 Å². The smallest absolute Gasteiger partial charge is 0.373 e. The third-order valence-corrected chi connectivity index (χ3v) is 5.54. The van der Waals surface area contributed by atoms with Gasteiger partial charge in [-0.2, -0.15) is 18.3 Å². The molecule has 0 saturated carbocycles. The quantitative estimate of drug-likeness (QED) is 0.829. The van der Waals surface area contributed by atoms with Crippen molar-refractivity contribution in [2.75, 3.05) is 13.1 Å². The molecule has 3 rings (SSSR count). The molecule has 0 spiro atoms. The number of hydrogen-bond donors (Lipinski definition) is 1. The minimum absolute atomic E-state index is 0.0121. The van der Waals surface area contributed by atoms with Crippen LogP contribution < -0.4 is 0 Å². The third-order valence-electron chi connectivity index (χ3n) is 5.28. The number of aliphatic hydroxyl groups is 1. The molecule has 0 aliphatic carbocycles. The van der Waals surface area contributed by atoms with Crippen LogP contribution in [0.15, 0.2) is 36.5 Å². The molecule has 1 amide bonds. The molecule has 1 saturated heterocycles. The van der Waals surface area contributed by atoms with Crippen LogP contribution in [0.3, 0.4) is 0 Å². The van der Waals surface area contributed by atoms with Gasteiger partial charge in [-0.05, 0) is 49.6 Å². The second-order valence-corrected chi connectivity index (χ2v) is 7.77. The summed E-state index contributed by atoms with van der Waals surface area (Å²) < 4.78 is 40.7. The van der Waals surface area contributed by atoms with Crippen molar-refractivity contribution in [3.63, 3.8) is 0 Å². The Morgan fingerprint density at radius 1 is 1.25 bits per heavy atom. The minimum atomic E-state index is -5.02. The highest BCUT2D eigenvalue weighted by Crippen LogP contribution is 2.37. The van der Waals surface area contributed by atoms with Crippen LogP contribution in [0.25, 0.3) is 5.69 Å². The van der Waals surface area contributed by atoms with Gasteiger partial charge in [-0.3, -0.25) is 4.79 Å². The average Bonchev–Trinajstić information content (AvgIpc) is 3.10. The van der Waals surface area contributed by atoms with Crippen molar-refractivity contribution in [3.05, 3.63) is 47.2 Å². The highest BCUT2D eigenvalue weighted by molar-refractivity contribution is 6.30. The second kappa shape index (κ2) is 7.40. The first kappa shape index (κ1) is 20.7. The van der Waals surface area contributed by atoms with Gasteiger partial charge in [-0.25, -0.2) is 4.68 Å². The maximum absolute atomic E-state index is 13.0. The third kappa shape index (κ3) is 3.75. The fourth-order valence-corrected chi connectivity index (χ4v) is 3.72. The van der Waals surface area contributed by atoms with Crippen LogP contribution >= 0.6 is 11.6 Å². The highest BCUT2D eigenvalue weighted by atomic mass is 35.5. The van der Waals surface area contributed by atoms with Crippen LogP contribution in [0.2, 0.25) is 5.02 Å². The predicted octanol–water partition coefficient (Wildman–Crippen LogP) is 3.79. The first-order valence-electron chi connectivity index (χ1n) is 8.90. The topological polar surface area (TPSA) is 58.4 Å². The number of hydrogen-bond acceptors (Lipinski definition) is 3. The zero-order valence-electron chi connectivity index (χ0n) is 15.4.